The van der Waals surface area contributed by atoms with Crippen LogP contribution >= 0.6 is 0 Å². The normalized spacial score (nSPS) is 16.0. The molecule has 1 saturated carbocycles. The van der Waals surface area contributed by atoms with Crippen LogP contribution in [-0.4, -0.2) is 33.6 Å². The molecule has 1 aromatic heterocycles. The molecule has 1 fully saturated rings. The third-order valence-electron chi connectivity index (χ3n) is 9.50. The molecule has 2 atom stereocenters. The summed E-state index contributed by atoms with van der Waals surface area (Å²) in [4.78, 5) is 31.2. The quantitative estimate of drug-likeness (QED) is 0.117. The van der Waals surface area contributed by atoms with Crippen LogP contribution in [0, 0.1) is 11.8 Å². The zero-order valence-corrected chi connectivity index (χ0v) is 35.1. The van der Waals surface area contributed by atoms with Crippen molar-refractivity contribution in [1.82, 2.24) is 9.78 Å². The number of hydrogen-bond acceptors (Lipinski definition) is 4. The Labute approximate surface area is 321 Å². The molecule has 1 heterocycles. The fourth-order valence-corrected chi connectivity index (χ4v) is 5.57. The van der Waals surface area contributed by atoms with Gasteiger partial charge in [0.1, 0.15) is 6.29 Å². The average Bonchev–Trinajstić information content (AvgIpc) is 3.94. The Bertz CT molecular complexity index is 1410. The minimum atomic E-state index is -2.46. The highest BCUT2D eigenvalue weighted by Gasteiger charge is 2.27. The largest absolute Gasteiger partial charge is 0.298 e. The molecule has 1 aromatic carbocycles. The topological polar surface area (TPSA) is 69.0 Å². The number of halogens is 2. The highest BCUT2D eigenvalue weighted by molar-refractivity contribution is 5.97. The molecule has 5 nitrogen and oxygen atoms in total. The van der Waals surface area contributed by atoms with Crippen molar-refractivity contribution in [2.24, 2.45) is 11.8 Å². The SMILES string of the molecule is C/C=C\C(C=O)=C/C(=O)C(C)C.C=CC(C)=O.CC.CCC(C)(F)F.CCC(C)CCc1nn(-c2ccc(C3CC3)cc2)c2c1C(CC)CCCCC2. The van der Waals surface area contributed by atoms with E-state index < -0.39 is 5.92 Å². The van der Waals surface area contributed by atoms with Gasteiger partial charge in [0.05, 0.1) is 11.4 Å². The zero-order chi connectivity index (χ0) is 40.6. The molecular weight excluding hydrogens is 667 g/mol. The molecule has 0 spiro atoms. The summed E-state index contributed by atoms with van der Waals surface area (Å²) in [6.45, 7) is 23.5. The number of nitrogens with zero attached hydrogens (tertiary/aromatic N) is 2. The predicted molar refractivity (Wildman–Crippen MR) is 220 cm³/mol. The second-order valence-electron chi connectivity index (χ2n) is 14.4. The van der Waals surface area contributed by atoms with Gasteiger partial charge in [0, 0.05) is 29.2 Å². The highest BCUT2D eigenvalue weighted by Crippen LogP contribution is 2.41. The van der Waals surface area contributed by atoms with Gasteiger partial charge in [-0.15, -0.1) is 0 Å². The number of hydrogen-bond donors (Lipinski definition) is 0. The van der Waals surface area contributed by atoms with Crippen molar-refractivity contribution in [2.45, 2.75) is 171 Å². The first kappa shape index (κ1) is 49.5. The van der Waals surface area contributed by atoms with Crippen molar-refractivity contribution >= 4 is 17.9 Å². The molecule has 0 amide bonds. The number of carbonyl (C=O) groups is 3. The summed E-state index contributed by atoms with van der Waals surface area (Å²) in [5.74, 6) is -0.206. The number of aromatic nitrogens is 2. The average molecular weight is 739 g/mol. The molecule has 0 N–H and O–H groups in total. The lowest BCUT2D eigenvalue weighted by atomic mass is 9.84. The summed E-state index contributed by atoms with van der Waals surface area (Å²) in [5.41, 5.74) is 7.75. The minimum absolute atomic E-state index is 0.0183. The molecule has 0 saturated heterocycles. The van der Waals surface area contributed by atoms with Gasteiger partial charge in [0.15, 0.2) is 11.6 Å². The van der Waals surface area contributed by atoms with Gasteiger partial charge in [0.2, 0.25) is 5.92 Å². The van der Waals surface area contributed by atoms with Gasteiger partial charge in [-0.25, -0.2) is 13.5 Å². The van der Waals surface area contributed by atoms with E-state index in [4.69, 9.17) is 5.10 Å². The van der Waals surface area contributed by atoms with Crippen molar-refractivity contribution < 1.29 is 23.2 Å². The van der Waals surface area contributed by atoms with Crippen molar-refractivity contribution in [2.75, 3.05) is 0 Å². The maximum Gasteiger partial charge on any atom is 0.245 e. The number of ketones is 2. The van der Waals surface area contributed by atoms with Gasteiger partial charge >= 0.3 is 0 Å². The molecule has 2 aromatic rings. The Kier molecular flexibility index (Phi) is 25.4. The molecule has 0 aliphatic heterocycles. The van der Waals surface area contributed by atoms with Gasteiger partial charge in [0.25, 0.3) is 0 Å². The Morgan fingerprint density at radius 3 is 2.04 bits per heavy atom. The summed E-state index contributed by atoms with van der Waals surface area (Å²) >= 11 is 0. The number of aldehydes is 1. The van der Waals surface area contributed by atoms with Gasteiger partial charge in [-0.05, 0) is 120 Å². The Morgan fingerprint density at radius 2 is 1.60 bits per heavy atom. The van der Waals surface area contributed by atoms with Gasteiger partial charge < -0.3 is 0 Å². The van der Waals surface area contributed by atoms with E-state index in [0.29, 0.717) is 17.8 Å². The smallest absolute Gasteiger partial charge is 0.245 e. The zero-order valence-electron chi connectivity index (χ0n) is 35.1. The Morgan fingerprint density at radius 1 is 1.02 bits per heavy atom. The molecule has 2 unspecified atom stereocenters. The summed E-state index contributed by atoms with van der Waals surface area (Å²) in [6, 6.07) is 9.33. The number of aryl methyl sites for hydroxylation is 1. The molecule has 7 heteroatoms. The maximum atomic E-state index is 11.5. The van der Waals surface area contributed by atoms with E-state index in [1.165, 1.54) is 113 Å². The van der Waals surface area contributed by atoms with Crippen molar-refractivity contribution in [3.8, 4) is 5.69 Å². The van der Waals surface area contributed by atoms with Crippen LogP contribution in [0.25, 0.3) is 5.69 Å². The lowest BCUT2D eigenvalue weighted by Gasteiger charge is -2.21. The Balaban J connectivity index is 0.000000893. The first-order valence-electron chi connectivity index (χ1n) is 20.2. The van der Waals surface area contributed by atoms with E-state index in [9.17, 15) is 23.2 Å². The fourth-order valence-electron chi connectivity index (χ4n) is 5.57. The molecule has 2 aliphatic rings. The highest BCUT2D eigenvalue weighted by atomic mass is 19.3. The second-order valence-corrected chi connectivity index (χ2v) is 14.4. The lowest BCUT2D eigenvalue weighted by Crippen LogP contribution is -2.09. The summed E-state index contributed by atoms with van der Waals surface area (Å²) in [6.07, 6.45) is 20.8. The molecule has 0 bridgehead atoms. The van der Waals surface area contributed by atoms with Crippen LogP contribution in [0.15, 0.2) is 60.7 Å². The first-order chi connectivity index (χ1) is 25.2. The van der Waals surface area contributed by atoms with Gasteiger partial charge in [-0.3, -0.25) is 14.4 Å². The van der Waals surface area contributed by atoms with Crippen LogP contribution in [0.4, 0.5) is 8.78 Å². The molecule has 298 valence electrons. The van der Waals surface area contributed by atoms with E-state index in [-0.39, 0.29) is 23.9 Å². The molecule has 2 aliphatic carbocycles. The Hall–Kier alpha value is -3.48. The van der Waals surface area contributed by atoms with E-state index in [0.717, 1.165) is 25.2 Å². The molecule has 4 rings (SSSR count). The van der Waals surface area contributed by atoms with Crippen LogP contribution in [0.3, 0.4) is 0 Å². The predicted octanol–water partition coefficient (Wildman–Crippen LogP) is 13.1. The number of benzene rings is 1. The second kappa shape index (κ2) is 27.2. The van der Waals surface area contributed by atoms with Crippen molar-refractivity contribution in [3.63, 3.8) is 0 Å². The van der Waals surface area contributed by atoms with Gasteiger partial charge in [-0.1, -0.05) is 106 Å². The number of carbonyl (C=O) groups excluding carboxylic acids is 3. The minimum Gasteiger partial charge on any atom is -0.298 e. The van der Waals surface area contributed by atoms with E-state index in [2.05, 4.69) is 56.3 Å². The number of allylic oxidation sites excluding steroid dienone is 5. The monoisotopic (exact) mass is 739 g/mol. The molecular formula is C46H72F2N2O3. The van der Waals surface area contributed by atoms with Crippen LogP contribution < -0.4 is 0 Å². The van der Waals surface area contributed by atoms with E-state index in [1.54, 1.807) is 38.5 Å². The van der Waals surface area contributed by atoms with Gasteiger partial charge in [-0.2, -0.15) is 5.10 Å². The molecule has 53 heavy (non-hydrogen) atoms. The van der Waals surface area contributed by atoms with Crippen LogP contribution in [-0.2, 0) is 27.2 Å². The number of rotatable bonds is 13. The summed E-state index contributed by atoms with van der Waals surface area (Å²) < 4.78 is 25.2. The van der Waals surface area contributed by atoms with Crippen LogP contribution in [0.2, 0.25) is 0 Å². The van der Waals surface area contributed by atoms with Crippen molar-refractivity contribution in [3.05, 3.63) is 83.2 Å². The molecule has 0 radical (unpaired) electrons. The van der Waals surface area contributed by atoms with E-state index in [1.807, 2.05) is 13.8 Å². The third-order valence-corrected chi connectivity index (χ3v) is 9.50. The van der Waals surface area contributed by atoms with Crippen LogP contribution in [0.5, 0.6) is 0 Å². The standard InChI is InChI=1S/C26H38N2.C10H14O2.C4H8F2.C4H6O.C2H6/c1-4-19(3)11-18-24-26-20(5-2)9-7-6-8-10-25(26)28(27-24)23-16-14-22(15-17-23)21-12-13-21;1-4-5-9(7-11)6-10(12)8(2)3;1-3-4(2,5)6;1-3-4(2)5;1-2/h14-17,19-21H,4-13,18H2,1-3H3;4-8H,1-3H3;3H2,1-2H3;3H,1H2,2H3;1-2H3/b;5-4-,9-6+;;;. The summed E-state index contributed by atoms with van der Waals surface area (Å²) in [5, 5.41) is 5.26. The fraction of sp³-hybridized carbons (Fsp3) is 0.609. The number of fused-ring (bicyclic) bond motifs is 1. The summed E-state index contributed by atoms with van der Waals surface area (Å²) in [7, 11) is 0. The third kappa shape index (κ3) is 20.0. The van der Waals surface area contributed by atoms with Crippen molar-refractivity contribution in [1.29, 1.82) is 0 Å². The first-order valence-corrected chi connectivity index (χ1v) is 20.2. The lowest BCUT2D eigenvalue weighted by molar-refractivity contribution is -0.117. The van der Waals surface area contributed by atoms with Crippen LogP contribution in [0.1, 0.15) is 175 Å². The van der Waals surface area contributed by atoms with E-state index >= 15 is 0 Å². The maximum absolute atomic E-state index is 11.5. The number of alkyl halides is 2.